The lowest BCUT2D eigenvalue weighted by Gasteiger charge is -2.34. The van der Waals surface area contributed by atoms with E-state index >= 15 is 0 Å². The first-order valence-corrected chi connectivity index (χ1v) is 15.0. The Balaban J connectivity index is 1.47. The molecule has 2 heterocycles. The standard InChI is InChI=1S/C29H31N3O3S2/c1-3-24-13-7-8-19-32(24)37(34,35)25-17-15-23(16-18-25)28(33)31(20-22-11-5-4-6-12-22)29-30-27-21(2)10-9-14-26(27)36-29/h4-6,9-12,14-18,24H,3,7-8,13,19-20H2,1-2H3. The van der Waals surface area contributed by atoms with Gasteiger partial charge in [0.05, 0.1) is 21.7 Å². The Kier molecular flexibility index (Phi) is 7.42. The number of hydrogen-bond donors (Lipinski definition) is 0. The number of carbonyl (C=O) groups is 1. The molecule has 0 bridgehead atoms. The van der Waals surface area contributed by atoms with E-state index < -0.39 is 10.0 Å². The first-order valence-electron chi connectivity index (χ1n) is 12.7. The molecule has 0 radical (unpaired) electrons. The summed E-state index contributed by atoms with van der Waals surface area (Å²) in [5, 5.41) is 0.619. The molecule has 1 amide bonds. The van der Waals surface area contributed by atoms with Gasteiger partial charge >= 0.3 is 0 Å². The average molecular weight is 534 g/mol. The van der Waals surface area contributed by atoms with Crippen molar-refractivity contribution in [3.63, 3.8) is 0 Å². The molecule has 1 aromatic heterocycles. The Labute approximate surface area is 222 Å². The highest BCUT2D eigenvalue weighted by Gasteiger charge is 2.32. The van der Waals surface area contributed by atoms with Crippen LogP contribution in [0.15, 0.2) is 77.7 Å². The number of thiazole rings is 1. The van der Waals surface area contributed by atoms with E-state index in [1.54, 1.807) is 33.5 Å². The summed E-state index contributed by atoms with van der Waals surface area (Å²) in [5.41, 5.74) is 3.37. The van der Waals surface area contributed by atoms with E-state index in [1.165, 1.54) is 11.3 Å². The first kappa shape index (κ1) is 25.6. The van der Waals surface area contributed by atoms with Crippen LogP contribution >= 0.6 is 11.3 Å². The zero-order chi connectivity index (χ0) is 26.0. The number of benzene rings is 3. The maximum absolute atomic E-state index is 13.8. The molecule has 4 aromatic rings. The summed E-state index contributed by atoms with van der Waals surface area (Å²) in [5.74, 6) is -0.214. The van der Waals surface area contributed by atoms with Gasteiger partial charge in [-0.15, -0.1) is 0 Å². The lowest BCUT2D eigenvalue weighted by molar-refractivity contribution is 0.0985. The van der Waals surface area contributed by atoms with Crippen molar-refractivity contribution in [1.29, 1.82) is 0 Å². The molecule has 1 saturated heterocycles. The molecule has 0 saturated carbocycles. The molecule has 6 nitrogen and oxygen atoms in total. The highest BCUT2D eigenvalue weighted by atomic mass is 32.2. The van der Waals surface area contributed by atoms with Crippen molar-refractivity contribution in [1.82, 2.24) is 9.29 Å². The van der Waals surface area contributed by atoms with Gasteiger partial charge in [-0.3, -0.25) is 9.69 Å². The van der Waals surface area contributed by atoms with Gasteiger partial charge in [0.2, 0.25) is 10.0 Å². The van der Waals surface area contributed by atoms with Gasteiger partial charge in [0, 0.05) is 18.2 Å². The zero-order valence-electron chi connectivity index (χ0n) is 21.1. The number of amides is 1. The summed E-state index contributed by atoms with van der Waals surface area (Å²) in [6.45, 7) is 4.96. The fourth-order valence-corrected chi connectivity index (χ4v) is 7.75. The number of para-hydroxylation sites is 1. The third-order valence-corrected chi connectivity index (χ3v) is 10.0. The van der Waals surface area contributed by atoms with Gasteiger partial charge in [-0.25, -0.2) is 13.4 Å². The van der Waals surface area contributed by atoms with E-state index in [1.807, 2.05) is 62.4 Å². The Morgan fingerprint density at radius 2 is 1.78 bits per heavy atom. The highest BCUT2D eigenvalue weighted by Crippen LogP contribution is 2.33. The van der Waals surface area contributed by atoms with Crippen molar-refractivity contribution in [3.05, 3.63) is 89.5 Å². The number of sulfonamides is 1. The van der Waals surface area contributed by atoms with Crippen molar-refractivity contribution in [3.8, 4) is 0 Å². The molecule has 0 aliphatic carbocycles. The van der Waals surface area contributed by atoms with Crippen LogP contribution in [0.5, 0.6) is 0 Å². The predicted molar refractivity (Wildman–Crippen MR) is 150 cm³/mol. The van der Waals surface area contributed by atoms with Gasteiger partial charge in [-0.2, -0.15) is 4.31 Å². The summed E-state index contributed by atoms with van der Waals surface area (Å²) in [6, 6.07) is 22.2. The van der Waals surface area contributed by atoms with Crippen LogP contribution in [0.3, 0.4) is 0 Å². The number of carbonyl (C=O) groups excluding carboxylic acids is 1. The molecule has 8 heteroatoms. The van der Waals surface area contributed by atoms with Crippen LogP contribution in [-0.4, -0.2) is 36.2 Å². The van der Waals surface area contributed by atoms with E-state index in [4.69, 9.17) is 4.98 Å². The summed E-state index contributed by atoms with van der Waals surface area (Å²) in [4.78, 5) is 20.5. The lowest BCUT2D eigenvalue weighted by atomic mass is 10.0. The molecule has 0 spiro atoms. The predicted octanol–water partition coefficient (Wildman–Crippen LogP) is 6.40. The summed E-state index contributed by atoms with van der Waals surface area (Å²) in [6.07, 6.45) is 3.62. The number of nitrogens with zero attached hydrogens (tertiary/aromatic N) is 3. The van der Waals surface area contributed by atoms with Crippen LogP contribution < -0.4 is 4.90 Å². The molecule has 1 fully saturated rings. The number of anilines is 1. The highest BCUT2D eigenvalue weighted by molar-refractivity contribution is 7.89. The summed E-state index contributed by atoms with van der Waals surface area (Å²) < 4.78 is 29.4. The Hall–Kier alpha value is -3.07. The summed E-state index contributed by atoms with van der Waals surface area (Å²) in [7, 11) is -3.61. The molecule has 5 rings (SSSR count). The van der Waals surface area contributed by atoms with Crippen molar-refractivity contribution < 1.29 is 13.2 Å². The molecule has 3 aromatic carbocycles. The second-order valence-electron chi connectivity index (χ2n) is 9.49. The SMILES string of the molecule is CCC1CCCCN1S(=O)(=O)c1ccc(C(=O)N(Cc2ccccc2)c2nc3c(C)cccc3s2)cc1. The second-order valence-corrected chi connectivity index (χ2v) is 12.4. The molecule has 37 heavy (non-hydrogen) atoms. The fraction of sp³-hybridized carbons (Fsp3) is 0.310. The van der Waals surface area contributed by atoms with Gasteiger partial charge in [0.25, 0.3) is 5.91 Å². The van der Waals surface area contributed by atoms with Crippen LogP contribution in [0.25, 0.3) is 10.2 Å². The molecule has 0 N–H and O–H groups in total. The number of piperidine rings is 1. The first-order chi connectivity index (χ1) is 17.9. The van der Waals surface area contributed by atoms with Gasteiger partial charge < -0.3 is 0 Å². The zero-order valence-corrected chi connectivity index (χ0v) is 22.8. The van der Waals surface area contributed by atoms with E-state index in [-0.39, 0.29) is 16.8 Å². The normalized spacial score (nSPS) is 16.6. The number of aryl methyl sites for hydroxylation is 1. The second kappa shape index (κ2) is 10.7. The Bertz CT molecular complexity index is 1500. The van der Waals surface area contributed by atoms with Crippen LogP contribution in [0.4, 0.5) is 5.13 Å². The number of rotatable bonds is 7. The molecule has 1 aliphatic heterocycles. The van der Waals surface area contributed by atoms with Crippen molar-refractivity contribution >= 4 is 42.6 Å². The van der Waals surface area contributed by atoms with Crippen LogP contribution in [0.2, 0.25) is 0 Å². The number of fused-ring (bicyclic) bond motifs is 1. The maximum Gasteiger partial charge on any atom is 0.260 e. The van der Waals surface area contributed by atoms with Crippen molar-refractivity contribution in [2.24, 2.45) is 0 Å². The van der Waals surface area contributed by atoms with Gasteiger partial charge in [-0.05, 0) is 67.6 Å². The topological polar surface area (TPSA) is 70.6 Å². The third-order valence-electron chi connectivity index (χ3n) is 7.02. The van der Waals surface area contributed by atoms with Gasteiger partial charge in [0.1, 0.15) is 0 Å². The molecular weight excluding hydrogens is 502 g/mol. The van der Waals surface area contributed by atoms with E-state index in [0.717, 1.165) is 47.0 Å². The van der Waals surface area contributed by atoms with Gasteiger partial charge in [0.15, 0.2) is 5.13 Å². The quantitative estimate of drug-likeness (QED) is 0.275. The average Bonchev–Trinajstić information content (AvgIpc) is 3.37. The van der Waals surface area contributed by atoms with E-state index in [2.05, 4.69) is 0 Å². The van der Waals surface area contributed by atoms with Crippen LogP contribution in [0.1, 0.15) is 54.1 Å². The smallest absolute Gasteiger partial charge is 0.260 e. The fourth-order valence-electron chi connectivity index (χ4n) is 4.94. The molecule has 1 unspecified atom stereocenters. The van der Waals surface area contributed by atoms with Crippen molar-refractivity contribution in [2.45, 2.75) is 57.0 Å². The third kappa shape index (κ3) is 5.19. The van der Waals surface area contributed by atoms with Crippen LogP contribution in [0, 0.1) is 6.92 Å². The number of hydrogen-bond acceptors (Lipinski definition) is 5. The Morgan fingerprint density at radius 3 is 2.49 bits per heavy atom. The number of aromatic nitrogens is 1. The maximum atomic E-state index is 13.8. The minimum atomic E-state index is -3.61. The largest absolute Gasteiger partial charge is 0.279 e. The van der Waals surface area contributed by atoms with Crippen molar-refractivity contribution in [2.75, 3.05) is 11.4 Å². The molecular formula is C29H31N3O3S2. The monoisotopic (exact) mass is 533 g/mol. The minimum Gasteiger partial charge on any atom is -0.279 e. The lowest BCUT2D eigenvalue weighted by Crippen LogP contribution is -2.43. The minimum absolute atomic E-state index is 0.0314. The Morgan fingerprint density at radius 1 is 1.03 bits per heavy atom. The van der Waals surface area contributed by atoms with Gasteiger partial charge in [-0.1, -0.05) is 67.1 Å². The molecule has 1 aliphatic rings. The summed E-state index contributed by atoms with van der Waals surface area (Å²) >= 11 is 1.48. The van der Waals surface area contributed by atoms with Crippen LogP contribution in [-0.2, 0) is 16.6 Å². The van der Waals surface area contributed by atoms with E-state index in [0.29, 0.717) is 23.8 Å². The molecule has 192 valence electrons. The van der Waals surface area contributed by atoms with E-state index in [9.17, 15) is 13.2 Å². The molecule has 1 atom stereocenters.